The number of rotatable bonds is 5. The van der Waals surface area contributed by atoms with Crippen LogP contribution in [-0.4, -0.2) is 21.4 Å². The van der Waals surface area contributed by atoms with Gasteiger partial charge in [0, 0.05) is 16.3 Å². The highest BCUT2D eigenvalue weighted by Gasteiger charge is 2.19. The lowest BCUT2D eigenvalue weighted by atomic mass is 10.1. The number of nitrogens with one attached hydrogen (secondary N) is 1. The summed E-state index contributed by atoms with van der Waals surface area (Å²) in [6.07, 6.45) is 0. The number of carbonyl (C=O) groups is 1. The van der Waals surface area contributed by atoms with E-state index in [-0.39, 0.29) is 5.91 Å². The van der Waals surface area contributed by atoms with E-state index in [9.17, 15) is 4.79 Å². The number of hydrogen-bond donors (Lipinski definition) is 1. The van der Waals surface area contributed by atoms with Crippen LogP contribution in [0.25, 0.3) is 11.5 Å². The average Bonchev–Trinajstić information content (AvgIpc) is 3.03. The van der Waals surface area contributed by atoms with Gasteiger partial charge in [0.2, 0.25) is 11.8 Å². The lowest BCUT2D eigenvalue weighted by Crippen LogP contribution is -2.22. The fourth-order valence-corrected chi connectivity index (χ4v) is 3.04. The van der Waals surface area contributed by atoms with Crippen molar-refractivity contribution >= 4 is 35.0 Å². The van der Waals surface area contributed by atoms with Crippen LogP contribution in [0, 0.1) is 6.92 Å². The molecule has 5 nitrogen and oxygen atoms in total. The topological polar surface area (TPSA) is 68.0 Å². The summed E-state index contributed by atoms with van der Waals surface area (Å²) in [5.74, 6) is 0.274. The number of nitrogens with zero attached hydrogens (tertiary/aromatic N) is 2. The van der Waals surface area contributed by atoms with Crippen LogP contribution >= 0.6 is 23.4 Å². The minimum Gasteiger partial charge on any atom is -0.411 e. The third-order valence-corrected chi connectivity index (χ3v) is 4.58. The highest BCUT2D eigenvalue weighted by molar-refractivity contribution is 8.00. The zero-order chi connectivity index (χ0) is 17.8. The lowest BCUT2D eigenvalue weighted by Gasteiger charge is -2.09. The summed E-state index contributed by atoms with van der Waals surface area (Å²) in [6, 6.07) is 14.8. The smallest absolute Gasteiger partial charge is 0.277 e. The Labute approximate surface area is 154 Å². The third-order valence-electron chi connectivity index (χ3n) is 3.41. The van der Waals surface area contributed by atoms with E-state index in [4.69, 9.17) is 16.0 Å². The van der Waals surface area contributed by atoms with Crippen molar-refractivity contribution in [2.45, 2.75) is 24.3 Å². The quantitative estimate of drug-likeness (QED) is 0.649. The predicted molar refractivity (Wildman–Crippen MR) is 99.9 cm³/mol. The van der Waals surface area contributed by atoms with E-state index in [1.807, 2.05) is 31.2 Å². The van der Waals surface area contributed by atoms with Crippen molar-refractivity contribution in [1.29, 1.82) is 0 Å². The Morgan fingerprint density at radius 3 is 2.76 bits per heavy atom. The first-order valence-electron chi connectivity index (χ1n) is 7.65. The molecule has 1 amide bonds. The first-order valence-corrected chi connectivity index (χ1v) is 8.90. The van der Waals surface area contributed by atoms with Crippen molar-refractivity contribution in [3.05, 3.63) is 59.1 Å². The summed E-state index contributed by atoms with van der Waals surface area (Å²) in [7, 11) is 0. The van der Waals surface area contributed by atoms with E-state index in [1.54, 1.807) is 31.2 Å². The van der Waals surface area contributed by atoms with Gasteiger partial charge in [-0.15, -0.1) is 10.2 Å². The van der Waals surface area contributed by atoms with E-state index < -0.39 is 5.25 Å². The average molecular weight is 374 g/mol. The zero-order valence-corrected chi connectivity index (χ0v) is 15.3. The minimum atomic E-state index is -0.398. The zero-order valence-electron chi connectivity index (χ0n) is 13.7. The van der Waals surface area contributed by atoms with Gasteiger partial charge >= 0.3 is 0 Å². The van der Waals surface area contributed by atoms with E-state index in [2.05, 4.69) is 15.5 Å². The monoisotopic (exact) mass is 373 g/mol. The second kappa shape index (κ2) is 7.72. The number of benzene rings is 2. The normalized spacial score (nSPS) is 12.0. The molecule has 7 heteroatoms. The molecule has 1 N–H and O–H groups in total. The standard InChI is InChI=1S/C18H16ClN3O2S/c1-11-5-3-6-13(9-11)17-21-22-18(24-17)25-12(2)16(23)20-15-8-4-7-14(19)10-15/h3-10,12H,1-2H3,(H,20,23)/t12-/m1/s1. The molecule has 3 aromatic rings. The number of anilines is 1. The molecule has 0 aliphatic heterocycles. The summed E-state index contributed by atoms with van der Waals surface area (Å²) in [4.78, 5) is 12.3. The Hall–Kier alpha value is -2.31. The number of aromatic nitrogens is 2. The van der Waals surface area contributed by atoms with Crippen molar-refractivity contribution in [2.24, 2.45) is 0 Å². The van der Waals surface area contributed by atoms with Gasteiger partial charge in [-0.05, 0) is 44.2 Å². The first-order chi connectivity index (χ1) is 12.0. The molecular formula is C18H16ClN3O2S. The molecule has 0 bridgehead atoms. The molecule has 0 unspecified atom stereocenters. The Bertz CT molecular complexity index is 897. The first kappa shape index (κ1) is 17.5. The summed E-state index contributed by atoms with van der Waals surface area (Å²) < 4.78 is 5.65. The van der Waals surface area contributed by atoms with Crippen LogP contribution in [-0.2, 0) is 4.79 Å². The van der Waals surface area contributed by atoms with Gasteiger partial charge < -0.3 is 9.73 Å². The molecule has 2 aromatic carbocycles. The molecule has 0 saturated carbocycles. The second-order valence-electron chi connectivity index (χ2n) is 5.50. The van der Waals surface area contributed by atoms with Crippen molar-refractivity contribution in [3.8, 4) is 11.5 Å². The number of amides is 1. The molecule has 1 aromatic heterocycles. The van der Waals surface area contributed by atoms with Crippen LogP contribution in [0.4, 0.5) is 5.69 Å². The van der Waals surface area contributed by atoms with E-state index in [0.717, 1.165) is 11.1 Å². The maximum absolute atomic E-state index is 12.3. The Kier molecular flexibility index (Phi) is 5.40. The van der Waals surface area contributed by atoms with Crippen LogP contribution < -0.4 is 5.32 Å². The molecule has 25 heavy (non-hydrogen) atoms. The molecule has 0 spiro atoms. The molecule has 1 atom stereocenters. The SMILES string of the molecule is Cc1cccc(-c2nnc(S[C@H](C)C(=O)Nc3cccc(Cl)c3)o2)c1. The van der Waals surface area contributed by atoms with Gasteiger partial charge in [-0.1, -0.05) is 47.1 Å². The molecular weight excluding hydrogens is 358 g/mol. The van der Waals surface area contributed by atoms with Gasteiger partial charge in [-0.3, -0.25) is 4.79 Å². The minimum absolute atomic E-state index is 0.164. The Balaban J connectivity index is 1.65. The summed E-state index contributed by atoms with van der Waals surface area (Å²) in [5, 5.41) is 11.4. The Morgan fingerprint density at radius 2 is 2.00 bits per heavy atom. The molecule has 0 aliphatic carbocycles. The van der Waals surface area contributed by atoms with Crippen LogP contribution in [0.5, 0.6) is 0 Å². The maximum Gasteiger partial charge on any atom is 0.277 e. The molecule has 1 heterocycles. The molecule has 0 radical (unpaired) electrons. The maximum atomic E-state index is 12.3. The Morgan fingerprint density at radius 1 is 1.20 bits per heavy atom. The second-order valence-corrected chi connectivity index (χ2v) is 7.23. The fraction of sp³-hybridized carbons (Fsp3) is 0.167. The summed E-state index contributed by atoms with van der Waals surface area (Å²) >= 11 is 7.13. The number of halogens is 1. The van der Waals surface area contributed by atoms with Crippen molar-refractivity contribution < 1.29 is 9.21 Å². The molecule has 0 saturated heterocycles. The van der Waals surface area contributed by atoms with Gasteiger partial charge in [0.25, 0.3) is 5.22 Å². The van der Waals surface area contributed by atoms with Crippen LogP contribution in [0.3, 0.4) is 0 Å². The lowest BCUT2D eigenvalue weighted by molar-refractivity contribution is -0.115. The van der Waals surface area contributed by atoms with Gasteiger partial charge in [-0.2, -0.15) is 0 Å². The number of hydrogen-bond acceptors (Lipinski definition) is 5. The van der Waals surface area contributed by atoms with Crippen LogP contribution in [0.2, 0.25) is 5.02 Å². The largest absolute Gasteiger partial charge is 0.411 e. The van der Waals surface area contributed by atoms with Crippen molar-refractivity contribution in [2.75, 3.05) is 5.32 Å². The van der Waals surface area contributed by atoms with Gasteiger partial charge in [0.15, 0.2) is 0 Å². The van der Waals surface area contributed by atoms with Gasteiger partial charge in [0.05, 0.1) is 5.25 Å². The summed E-state index contributed by atoms with van der Waals surface area (Å²) in [5.41, 5.74) is 2.62. The van der Waals surface area contributed by atoms with E-state index >= 15 is 0 Å². The number of thioether (sulfide) groups is 1. The predicted octanol–water partition coefficient (Wildman–Crippen LogP) is 4.82. The highest BCUT2D eigenvalue weighted by atomic mass is 35.5. The van der Waals surface area contributed by atoms with E-state index in [1.165, 1.54) is 11.8 Å². The number of aryl methyl sites for hydroxylation is 1. The van der Waals surface area contributed by atoms with Crippen LogP contribution in [0.15, 0.2) is 58.2 Å². The molecule has 0 fully saturated rings. The van der Waals surface area contributed by atoms with Gasteiger partial charge in [-0.25, -0.2) is 0 Å². The molecule has 3 rings (SSSR count). The number of carbonyl (C=O) groups excluding carboxylic acids is 1. The van der Waals surface area contributed by atoms with Crippen molar-refractivity contribution in [1.82, 2.24) is 10.2 Å². The van der Waals surface area contributed by atoms with Gasteiger partial charge in [0.1, 0.15) is 0 Å². The van der Waals surface area contributed by atoms with E-state index in [0.29, 0.717) is 21.8 Å². The molecule has 0 aliphatic rings. The molecule has 128 valence electrons. The van der Waals surface area contributed by atoms with Crippen molar-refractivity contribution in [3.63, 3.8) is 0 Å². The fourth-order valence-electron chi connectivity index (χ4n) is 2.17. The summed E-state index contributed by atoms with van der Waals surface area (Å²) in [6.45, 7) is 3.78. The van der Waals surface area contributed by atoms with Crippen LogP contribution in [0.1, 0.15) is 12.5 Å². The third kappa shape index (κ3) is 4.61. The highest BCUT2D eigenvalue weighted by Crippen LogP contribution is 2.27.